The van der Waals surface area contributed by atoms with Gasteiger partial charge in [0.2, 0.25) is 0 Å². The van der Waals surface area contributed by atoms with Gasteiger partial charge in [-0.2, -0.15) is 91.7 Å². The molecule has 0 saturated heterocycles. The Morgan fingerprint density at radius 2 is 0.586 bits per heavy atom. The van der Waals surface area contributed by atoms with Crippen LogP contribution in [0.2, 0.25) is 0 Å². The Balaban J connectivity index is -0.000000208. The standard InChI is InChI=1S/C6H14O7S3.C6H14O6S3.C3H8O6S2.C3H8O4S.C3H8O3S2/c7-14(3-1-5-15(8,9)10)4-2-6-16(11,12)13;7-14(8,9)5-1-3-13-4-2-6-15(10,11)12;4-10(5,6)2-1-3-11(7,8)9;4-2-1-3-8(5,6)7;4-8(5,6)3-1-2-7/h1-6H2,(H,8,9,10)(H,11,12,13);1-6H2,(H,7,8,9)(H,10,11,12);1-3H2,(H,4,5,6)(H,7,8,9);4H,1-3H2,(H,5,6,7);7H,1-3H2,(H,4,5,6). The van der Waals surface area contributed by atoms with Gasteiger partial charge in [-0.1, -0.05) is 0 Å². The first kappa shape index (κ1) is 67.2. The summed E-state index contributed by atoms with van der Waals surface area (Å²) in [4.78, 5) is 0. The van der Waals surface area contributed by atoms with Crippen molar-refractivity contribution in [1.29, 1.82) is 0 Å². The zero-order valence-electron chi connectivity index (χ0n) is 30.3. The first-order valence-electron chi connectivity index (χ1n) is 15.4. The molecule has 0 aromatic heterocycles. The van der Waals surface area contributed by atoms with Crippen molar-refractivity contribution in [2.24, 2.45) is 0 Å². The van der Waals surface area contributed by atoms with Gasteiger partial charge < -0.3 is 5.11 Å². The maximum absolute atomic E-state index is 11.2. The lowest BCUT2D eigenvalue weighted by atomic mass is 10.5. The number of aliphatic hydroxyl groups is 1. The highest BCUT2D eigenvalue weighted by atomic mass is 32.3. The van der Waals surface area contributed by atoms with Gasteiger partial charge in [0.15, 0.2) is 0 Å². The summed E-state index contributed by atoms with van der Waals surface area (Å²) in [5.41, 5.74) is 0. The highest BCUT2D eigenvalue weighted by Gasteiger charge is 2.11. The summed E-state index contributed by atoms with van der Waals surface area (Å²) in [5.74, 6) is -1.64. The van der Waals surface area contributed by atoms with Crippen molar-refractivity contribution in [3.8, 4) is 0 Å². The second-order valence-electron chi connectivity index (χ2n) is 10.7. The van der Waals surface area contributed by atoms with E-state index < -0.39 is 115 Å². The largest absolute Gasteiger partial charge is 0.396 e. The summed E-state index contributed by atoms with van der Waals surface area (Å²) in [6.45, 7) is -0.209. The van der Waals surface area contributed by atoms with Gasteiger partial charge >= 0.3 is 0 Å². The molecule has 0 unspecified atom stereocenters. The van der Waals surface area contributed by atoms with Crippen molar-refractivity contribution in [3.63, 3.8) is 0 Å². The first-order valence-corrected chi connectivity index (χ1v) is 31.5. The SMILES string of the molecule is O=S(=O)(O)CCCO.O=S(=O)(O)CCCS.O=S(=O)(O)CCCS(=O)(=O)O.O=S(=O)(O)CCCSCCCS(=O)(=O)O.O=S(CCCS(=O)(=O)O)CCCS(=O)(=O)O. The molecule has 58 heavy (non-hydrogen) atoms. The lowest BCUT2D eigenvalue weighted by Crippen LogP contribution is -2.12. The highest BCUT2D eigenvalue weighted by molar-refractivity contribution is 7.99. The van der Waals surface area contributed by atoms with Gasteiger partial charge in [-0.3, -0.25) is 40.6 Å². The van der Waals surface area contributed by atoms with Crippen LogP contribution in [0.25, 0.3) is 0 Å². The third-order valence-corrected chi connectivity index (χ3v) is 14.3. The number of thioether (sulfide) groups is 1. The van der Waals surface area contributed by atoms with E-state index in [0.717, 1.165) is 0 Å². The van der Waals surface area contributed by atoms with Crippen molar-refractivity contribution in [1.82, 2.24) is 0 Å². The molecule has 0 saturated carbocycles. The maximum Gasteiger partial charge on any atom is 0.264 e. The van der Waals surface area contributed by atoms with Crippen LogP contribution in [0.3, 0.4) is 0 Å². The lowest BCUT2D eigenvalue weighted by molar-refractivity contribution is 0.294. The average Bonchev–Trinajstić information content (AvgIpc) is 2.95. The van der Waals surface area contributed by atoms with E-state index in [9.17, 15) is 71.6 Å². The summed E-state index contributed by atoms with van der Waals surface area (Å²) in [6.07, 6.45) is 0.956. The molecule has 37 heteroatoms. The molecule has 0 aliphatic heterocycles. The predicted octanol–water partition coefficient (Wildman–Crippen LogP) is -1.83. The van der Waals surface area contributed by atoms with Crippen molar-refractivity contribution < 1.29 is 113 Å². The minimum atomic E-state index is -4.12. The molecule has 358 valence electrons. The van der Waals surface area contributed by atoms with Gasteiger partial charge in [0.05, 0.1) is 46.0 Å². The van der Waals surface area contributed by atoms with Gasteiger partial charge in [0, 0.05) is 28.9 Å². The van der Waals surface area contributed by atoms with E-state index >= 15 is 0 Å². The third kappa shape index (κ3) is 87.6. The van der Waals surface area contributed by atoms with Crippen LogP contribution in [0.15, 0.2) is 0 Å². The normalized spacial score (nSPS) is 12.7. The Morgan fingerprint density at radius 1 is 0.362 bits per heavy atom. The van der Waals surface area contributed by atoms with Crippen LogP contribution in [0.4, 0.5) is 0 Å². The van der Waals surface area contributed by atoms with E-state index in [-0.39, 0.29) is 66.8 Å². The highest BCUT2D eigenvalue weighted by Crippen LogP contribution is 2.06. The fourth-order valence-electron chi connectivity index (χ4n) is 2.61. The molecule has 0 atom stereocenters. The van der Waals surface area contributed by atoms with Gasteiger partial charge in [-0.15, -0.1) is 0 Å². The number of hydrogen-bond donors (Lipinski definition) is 10. The van der Waals surface area contributed by atoms with Gasteiger partial charge in [-0.05, 0) is 62.2 Å². The van der Waals surface area contributed by atoms with Crippen LogP contribution >= 0.6 is 24.4 Å². The minimum absolute atomic E-state index is 0.0529. The summed E-state index contributed by atoms with van der Waals surface area (Å²) >= 11 is 5.14. The molecule has 0 aliphatic carbocycles. The Morgan fingerprint density at radius 3 is 0.793 bits per heavy atom. The monoisotopic (exact) mass is 1070 g/mol. The molecule has 26 nitrogen and oxygen atoms in total. The summed E-state index contributed by atoms with van der Waals surface area (Å²) in [7, 11) is -33.0. The Hall–Kier alpha value is 0.0900. The molecule has 0 aliphatic rings. The second kappa shape index (κ2) is 33.6. The number of hydrogen-bond acceptors (Lipinski definition) is 20. The van der Waals surface area contributed by atoms with Crippen LogP contribution in [-0.2, 0) is 91.7 Å². The molecular weight excluding hydrogens is 1020 g/mol. The molecule has 0 spiro atoms. The number of thiol groups is 1. The fraction of sp³-hybridized carbons (Fsp3) is 1.00. The fourth-order valence-corrected chi connectivity index (χ4v) is 9.99. The smallest absolute Gasteiger partial charge is 0.264 e. The molecule has 0 aromatic carbocycles. The molecule has 9 N–H and O–H groups in total. The maximum atomic E-state index is 11.2. The topological polar surface area (TPSA) is 472 Å². The van der Waals surface area contributed by atoms with Gasteiger partial charge in [0.1, 0.15) is 0 Å². The van der Waals surface area contributed by atoms with Crippen LogP contribution in [-0.4, -0.2) is 194 Å². The zero-order chi connectivity index (χ0) is 47.1. The molecule has 0 aromatic rings. The summed E-state index contributed by atoms with van der Waals surface area (Å²) < 4.78 is 239. The Kier molecular flexibility index (Phi) is 38.9. The molecule has 0 bridgehead atoms. The predicted molar refractivity (Wildman–Crippen MR) is 220 cm³/mol. The molecule has 0 fully saturated rings. The Bertz CT molecular complexity index is 1870. The zero-order valence-corrected chi connectivity index (χ0v) is 39.4. The quantitative estimate of drug-likeness (QED) is 0.0259. The van der Waals surface area contributed by atoms with E-state index in [1.807, 2.05) is 0 Å². The summed E-state index contributed by atoms with van der Waals surface area (Å²) in [5, 5.41) is 8.05. The van der Waals surface area contributed by atoms with E-state index in [1.165, 1.54) is 11.8 Å². The second-order valence-corrected chi connectivity index (χ2v) is 26.6. The van der Waals surface area contributed by atoms with Crippen molar-refractivity contribution in [2.75, 3.05) is 81.4 Å². The lowest BCUT2D eigenvalue weighted by Gasteiger charge is -2.00. The Labute approximate surface area is 353 Å². The number of aliphatic hydroxyl groups excluding tert-OH is 1. The van der Waals surface area contributed by atoms with Crippen LogP contribution in [0, 0.1) is 0 Å². The van der Waals surface area contributed by atoms with Crippen LogP contribution in [0.5, 0.6) is 0 Å². The van der Waals surface area contributed by atoms with E-state index in [4.69, 9.17) is 41.5 Å². The van der Waals surface area contributed by atoms with Gasteiger partial charge in [-0.25, -0.2) is 0 Å². The van der Waals surface area contributed by atoms with Crippen molar-refractivity contribution >= 4 is 116 Å². The first-order chi connectivity index (χ1) is 25.6. The molecule has 0 amide bonds. The van der Waals surface area contributed by atoms with Gasteiger partial charge in [0.25, 0.3) is 80.9 Å². The molecule has 0 radical (unpaired) electrons. The molecule has 0 rings (SSSR count). The van der Waals surface area contributed by atoms with E-state index in [0.29, 0.717) is 36.5 Å². The van der Waals surface area contributed by atoms with Crippen LogP contribution in [0.1, 0.15) is 44.9 Å². The van der Waals surface area contributed by atoms with Crippen molar-refractivity contribution in [3.05, 3.63) is 0 Å². The van der Waals surface area contributed by atoms with E-state index in [2.05, 4.69) is 12.6 Å². The average molecular weight is 1070 g/mol. The van der Waals surface area contributed by atoms with E-state index in [1.54, 1.807) is 0 Å². The third-order valence-electron chi connectivity index (χ3n) is 4.86. The van der Waals surface area contributed by atoms with Crippen molar-refractivity contribution in [2.45, 2.75) is 44.9 Å². The summed E-state index contributed by atoms with van der Waals surface area (Å²) in [6, 6.07) is 0. The molecular formula is C21H52O26S11. The van der Waals surface area contributed by atoms with Crippen LogP contribution < -0.4 is 0 Å². The number of rotatable bonds is 26. The molecule has 0 heterocycles. The minimum Gasteiger partial charge on any atom is -0.396 e.